The van der Waals surface area contributed by atoms with E-state index in [2.05, 4.69) is 5.32 Å². The maximum absolute atomic E-state index is 9.95. The van der Waals surface area contributed by atoms with Crippen molar-refractivity contribution in [1.29, 1.82) is 0 Å². The smallest absolute Gasteiger partial charge is 0.0812 e. The van der Waals surface area contributed by atoms with Gasteiger partial charge in [-0.3, -0.25) is 0 Å². The fourth-order valence-electron chi connectivity index (χ4n) is 1.95. The van der Waals surface area contributed by atoms with Gasteiger partial charge in [-0.25, -0.2) is 0 Å². The second kappa shape index (κ2) is 2.21. The zero-order chi connectivity index (χ0) is 7.03. The molecular weight excluding hydrogens is 126 g/mol. The summed E-state index contributed by atoms with van der Waals surface area (Å²) in [7, 11) is 0. The highest BCUT2D eigenvalue weighted by Crippen LogP contribution is 2.33. The molecular formula is C8H15NO. The predicted octanol–water partition coefficient (Wildman–Crippen LogP) is 0.653. The molecule has 2 aliphatic rings. The van der Waals surface area contributed by atoms with Crippen molar-refractivity contribution in [3.8, 4) is 0 Å². The molecule has 1 atom stereocenters. The van der Waals surface area contributed by atoms with Crippen LogP contribution in [0.25, 0.3) is 0 Å². The van der Waals surface area contributed by atoms with Crippen molar-refractivity contribution in [2.24, 2.45) is 0 Å². The lowest BCUT2D eigenvalue weighted by atomic mass is 9.82. The molecule has 0 bridgehead atoms. The van der Waals surface area contributed by atoms with E-state index in [9.17, 15) is 5.11 Å². The third-order valence-electron chi connectivity index (χ3n) is 2.78. The molecule has 0 unspecified atom stereocenters. The van der Waals surface area contributed by atoms with Gasteiger partial charge in [-0.2, -0.15) is 0 Å². The highest BCUT2D eigenvalue weighted by molar-refractivity contribution is 5.02. The van der Waals surface area contributed by atoms with Crippen LogP contribution in [0.5, 0.6) is 0 Å². The van der Waals surface area contributed by atoms with Crippen LogP contribution < -0.4 is 5.32 Å². The van der Waals surface area contributed by atoms with Crippen LogP contribution in [0.2, 0.25) is 0 Å². The average molecular weight is 141 g/mol. The van der Waals surface area contributed by atoms with Crippen LogP contribution in [0, 0.1) is 0 Å². The average Bonchev–Trinajstić information content (AvgIpc) is 2.69. The van der Waals surface area contributed by atoms with Crippen LogP contribution in [0.15, 0.2) is 0 Å². The highest BCUT2D eigenvalue weighted by Gasteiger charge is 2.43. The van der Waals surface area contributed by atoms with Crippen LogP contribution in [0.4, 0.5) is 0 Å². The van der Waals surface area contributed by atoms with E-state index in [1.54, 1.807) is 0 Å². The largest absolute Gasteiger partial charge is 0.388 e. The summed E-state index contributed by atoms with van der Waals surface area (Å²) in [5.41, 5.74) is -0.321. The Morgan fingerprint density at radius 3 is 2.30 bits per heavy atom. The molecule has 1 heterocycles. The lowest BCUT2D eigenvalue weighted by Crippen LogP contribution is -2.38. The third-order valence-corrected chi connectivity index (χ3v) is 2.78. The van der Waals surface area contributed by atoms with Gasteiger partial charge >= 0.3 is 0 Å². The quantitative estimate of drug-likeness (QED) is 0.526. The van der Waals surface area contributed by atoms with Gasteiger partial charge in [0.25, 0.3) is 0 Å². The Labute approximate surface area is 61.6 Å². The molecule has 0 aromatic carbocycles. The van der Waals surface area contributed by atoms with Gasteiger partial charge in [-0.15, -0.1) is 0 Å². The molecule has 1 aliphatic heterocycles. The topological polar surface area (TPSA) is 42.2 Å². The minimum atomic E-state index is -0.321. The number of hydrogen-bond acceptors (Lipinski definition) is 2. The normalized spacial score (nSPS) is 37.5. The van der Waals surface area contributed by atoms with Crippen molar-refractivity contribution in [1.82, 2.24) is 5.32 Å². The lowest BCUT2D eigenvalue weighted by molar-refractivity contribution is 0.00315. The molecule has 58 valence electrons. The molecule has 2 heteroatoms. The Morgan fingerprint density at radius 1 is 1.20 bits per heavy atom. The first-order valence-electron chi connectivity index (χ1n) is 4.27. The molecule has 0 aromatic rings. The van der Waals surface area contributed by atoms with Crippen LogP contribution in [0.1, 0.15) is 32.1 Å². The fourth-order valence-corrected chi connectivity index (χ4v) is 1.95. The first-order valence-corrected chi connectivity index (χ1v) is 4.27. The second-order valence-corrected chi connectivity index (χ2v) is 3.63. The molecule has 2 N–H and O–H groups in total. The van der Waals surface area contributed by atoms with Gasteiger partial charge < -0.3 is 10.4 Å². The molecule has 1 saturated carbocycles. The van der Waals surface area contributed by atoms with E-state index in [4.69, 9.17) is 0 Å². The Bertz CT molecular complexity index is 125. The summed E-state index contributed by atoms with van der Waals surface area (Å²) in [6, 6.07) is 0.438. The first kappa shape index (κ1) is 6.62. The van der Waals surface area contributed by atoms with Crippen molar-refractivity contribution in [2.45, 2.75) is 43.7 Å². The summed E-state index contributed by atoms with van der Waals surface area (Å²) in [4.78, 5) is 0. The summed E-state index contributed by atoms with van der Waals surface area (Å²) in [5, 5.41) is 13.1. The van der Waals surface area contributed by atoms with Crippen molar-refractivity contribution in [3.63, 3.8) is 0 Å². The Hall–Kier alpha value is -0.0800. The molecule has 0 radical (unpaired) electrons. The molecule has 1 aliphatic carbocycles. The van der Waals surface area contributed by atoms with Crippen LogP contribution in [-0.4, -0.2) is 23.3 Å². The molecule has 2 fully saturated rings. The summed E-state index contributed by atoms with van der Waals surface area (Å²) in [6.07, 6.45) is 5.79. The lowest BCUT2D eigenvalue weighted by Gasteiger charge is -2.31. The predicted molar refractivity (Wildman–Crippen MR) is 39.8 cm³/mol. The van der Waals surface area contributed by atoms with E-state index < -0.39 is 0 Å². The molecule has 0 aromatic heterocycles. The van der Waals surface area contributed by atoms with Gasteiger partial charge in [0.15, 0.2) is 0 Å². The van der Waals surface area contributed by atoms with Gasteiger partial charge in [0.2, 0.25) is 0 Å². The number of rotatable bonds is 1. The van der Waals surface area contributed by atoms with E-state index in [-0.39, 0.29) is 5.60 Å². The van der Waals surface area contributed by atoms with E-state index in [1.807, 2.05) is 0 Å². The molecule has 2 nitrogen and oxygen atoms in total. The zero-order valence-electron chi connectivity index (χ0n) is 6.27. The van der Waals surface area contributed by atoms with Crippen molar-refractivity contribution in [2.75, 3.05) is 6.54 Å². The molecule has 1 saturated heterocycles. The molecule has 0 spiro atoms. The second-order valence-electron chi connectivity index (χ2n) is 3.63. The molecule has 0 amide bonds. The minimum absolute atomic E-state index is 0.321. The molecule has 2 rings (SSSR count). The summed E-state index contributed by atoms with van der Waals surface area (Å²) >= 11 is 0. The summed E-state index contributed by atoms with van der Waals surface area (Å²) in [5.74, 6) is 0. The van der Waals surface area contributed by atoms with Gasteiger partial charge in [0.05, 0.1) is 5.60 Å². The first-order chi connectivity index (χ1) is 4.81. The van der Waals surface area contributed by atoms with E-state index in [0.717, 1.165) is 19.4 Å². The number of aliphatic hydroxyl groups is 1. The van der Waals surface area contributed by atoms with Gasteiger partial charge in [0.1, 0.15) is 0 Å². The third kappa shape index (κ3) is 1.06. The van der Waals surface area contributed by atoms with Gasteiger partial charge in [-0.1, -0.05) is 19.3 Å². The van der Waals surface area contributed by atoms with Crippen LogP contribution >= 0.6 is 0 Å². The monoisotopic (exact) mass is 141 g/mol. The van der Waals surface area contributed by atoms with Gasteiger partial charge in [-0.05, 0) is 12.8 Å². The Kier molecular flexibility index (Phi) is 1.46. The van der Waals surface area contributed by atoms with Crippen molar-refractivity contribution >= 4 is 0 Å². The van der Waals surface area contributed by atoms with E-state index >= 15 is 0 Å². The minimum Gasteiger partial charge on any atom is -0.388 e. The number of nitrogens with one attached hydrogen (secondary N) is 1. The zero-order valence-corrected chi connectivity index (χ0v) is 6.27. The maximum atomic E-state index is 9.95. The van der Waals surface area contributed by atoms with Gasteiger partial charge in [0, 0.05) is 12.6 Å². The SMILES string of the molecule is OC1([C@H]2CN2)CCCCC1. The van der Waals surface area contributed by atoms with E-state index in [1.165, 1.54) is 19.3 Å². The van der Waals surface area contributed by atoms with Crippen LogP contribution in [0.3, 0.4) is 0 Å². The van der Waals surface area contributed by atoms with Crippen molar-refractivity contribution < 1.29 is 5.11 Å². The standard InChI is InChI=1S/C8H15NO/c10-8(7-6-9-7)4-2-1-3-5-8/h7,9-10H,1-6H2/t7-/m1/s1. The Morgan fingerprint density at radius 2 is 1.80 bits per heavy atom. The van der Waals surface area contributed by atoms with Crippen LogP contribution in [-0.2, 0) is 0 Å². The maximum Gasteiger partial charge on any atom is 0.0812 e. The Balaban J connectivity index is 1.97. The molecule has 10 heavy (non-hydrogen) atoms. The number of hydrogen-bond donors (Lipinski definition) is 2. The van der Waals surface area contributed by atoms with E-state index in [0.29, 0.717) is 6.04 Å². The summed E-state index contributed by atoms with van der Waals surface area (Å²) < 4.78 is 0. The fraction of sp³-hybridized carbons (Fsp3) is 1.00. The summed E-state index contributed by atoms with van der Waals surface area (Å²) in [6.45, 7) is 1.04. The van der Waals surface area contributed by atoms with Crippen molar-refractivity contribution in [3.05, 3.63) is 0 Å². The highest BCUT2D eigenvalue weighted by atomic mass is 16.3.